The molecule has 1 amide bonds. The average molecular weight is 234 g/mol. The monoisotopic (exact) mass is 234 g/mol. The molecule has 4 N–H and O–H groups in total. The van der Waals surface area contributed by atoms with Gasteiger partial charge in [-0.2, -0.15) is 0 Å². The van der Waals surface area contributed by atoms with Gasteiger partial charge in [-0.05, 0) is 30.2 Å². The molecule has 0 saturated carbocycles. The number of rotatable bonds is 5. The molecule has 90 valence electrons. The second-order valence-corrected chi connectivity index (χ2v) is 3.54. The van der Waals surface area contributed by atoms with Gasteiger partial charge in [0.15, 0.2) is 0 Å². The summed E-state index contributed by atoms with van der Waals surface area (Å²) in [6.07, 6.45) is 1.38. The smallest absolute Gasteiger partial charge is 0.320 e. The lowest BCUT2D eigenvalue weighted by molar-refractivity contribution is -0.138. The van der Waals surface area contributed by atoms with Crippen LogP contribution >= 0.6 is 0 Å². The summed E-state index contributed by atoms with van der Waals surface area (Å²) in [5.74, 6) is -1.37. The maximum atomic E-state index is 11.1. The van der Waals surface area contributed by atoms with E-state index in [2.05, 4.69) is 11.9 Å². The quantitative estimate of drug-likeness (QED) is 0.656. The van der Waals surface area contributed by atoms with Gasteiger partial charge in [0, 0.05) is 5.69 Å². The zero-order valence-corrected chi connectivity index (χ0v) is 9.22. The standard InChI is InChI=1S/C12H14N2O3/c1-2-11(15)14-9-5-3-4-8(6-9)7-10(13)12(16)17/h2-6,10H,1,7,13H2,(H,14,15)(H,16,17). The maximum absolute atomic E-state index is 11.1. The molecule has 0 radical (unpaired) electrons. The fourth-order valence-electron chi connectivity index (χ4n) is 1.31. The van der Waals surface area contributed by atoms with Crippen LogP contribution in [-0.4, -0.2) is 23.0 Å². The van der Waals surface area contributed by atoms with E-state index in [-0.39, 0.29) is 12.3 Å². The van der Waals surface area contributed by atoms with Crippen LogP contribution in [0.1, 0.15) is 5.56 Å². The van der Waals surface area contributed by atoms with E-state index in [1.54, 1.807) is 24.3 Å². The number of amides is 1. The lowest BCUT2D eigenvalue weighted by Gasteiger charge is -2.08. The van der Waals surface area contributed by atoms with E-state index in [9.17, 15) is 9.59 Å². The molecule has 5 heteroatoms. The number of carbonyl (C=O) groups is 2. The van der Waals surface area contributed by atoms with Crippen molar-refractivity contribution in [3.05, 3.63) is 42.5 Å². The largest absolute Gasteiger partial charge is 0.480 e. The first-order valence-corrected chi connectivity index (χ1v) is 5.03. The van der Waals surface area contributed by atoms with Crippen molar-refractivity contribution >= 4 is 17.6 Å². The summed E-state index contributed by atoms with van der Waals surface area (Å²) in [6, 6.07) is 5.93. The summed E-state index contributed by atoms with van der Waals surface area (Å²) in [5, 5.41) is 11.3. The van der Waals surface area contributed by atoms with Gasteiger partial charge in [0.25, 0.3) is 0 Å². The highest BCUT2D eigenvalue weighted by molar-refractivity contribution is 5.98. The first-order chi connectivity index (χ1) is 8.02. The maximum Gasteiger partial charge on any atom is 0.320 e. The molecule has 5 nitrogen and oxygen atoms in total. The van der Waals surface area contributed by atoms with Crippen LogP contribution in [0.5, 0.6) is 0 Å². The van der Waals surface area contributed by atoms with Crippen molar-refractivity contribution in [2.45, 2.75) is 12.5 Å². The number of nitrogens with two attached hydrogens (primary N) is 1. The Morgan fingerprint density at radius 1 is 1.53 bits per heavy atom. The number of benzene rings is 1. The molecule has 1 unspecified atom stereocenters. The minimum Gasteiger partial charge on any atom is -0.480 e. The molecule has 0 aromatic heterocycles. The topological polar surface area (TPSA) is 92.4 Å². The Balaban J connectivity index is 2.75. The predicted octanol–water partition coefficient (Wildman–Crippen LogP) is 0.765. The van der Waals surface area contributed by atoms with E-state index in [4.69, 9.17) is 10.8 Å². The van der Waals surface area contributed by atoms with E-state index >= 15 is 0 Å². The van der Waals surface area contributed by atoms with Gasteiger partial charge in [-0.25, -0.2) is 0 Å². The molecule has 0 aliphatic rings. The molecule has 0 saturated heterocycles. The fourth-order valence-corrected chi connectivity index (χ4v) is 1.31. The van der Waals surface area contributed by atoms with Crippen LogP contribution in [0, 0.1) is 0 Å². The molecule has 1 atom stereocenters. The number of hydrogen-bond acceptors (Lipinski definition) is 3. The minimum absolute atomic E-state index is 0.215. The number of anilines is 1. The van der Waals surface area contributed by atoms with Crippen molar-refractivity contribution in [3.63, 3.8) is 0 Å². The Bertz CT molecular complexity index is 443. The summed E-state index contributed by atoms with van der Waals surface area (Å²) in [7, 11) is 0. The van der Waals surface area contributed by atoms with E-state index < -0.39 is 12.0 Å². The van der Waals surface area contributed by atoms with Crippen LogP contribution in [-0.2, 0) is 16.0 Å². The van der Waals surface area contributed by atoms with Crippen LogP contribution in [0.2, 0.25) is 0 Å². The van der Waals surface area contributed by atoms with Crippen LogP contribution in [0.25, 0.3) is 0 Å². The van der Waals surface area contributed by atoms with E-state index in [1.807, 2.05) is 0 Å². The number of aliphatic carboxylic acids is 1. The van der Waals surface area contributed by atoms with Crippen molar-refractivity contribution < 1.29 is 14.7 Å². The summed E-state index contributed by atoms with van der Waals surface area (Å²) >= 11 is 0. The van der Waals surface area contributed by atoms with Crippen molar-refractivity contribution in [3.8, 4) is 0 Å². The van der Waals surface area contributed by atoms with Gasteiger partial charge in [0.05, 0.1) is 0 Å². The summed E-state index contributed by atoms with van der Waals surface area (Å²) in [5.41, 5.74) is 6.76. The SMILES string of the molecule is C=CC(=O)Nc1cccc(CC(N)C(=O)O)c1. The van der Waals surface area contributed by atoms with Gasteiger partial charge >= 0.3 is 5.97 Å². The van der Waals surface area contributed by atoms with Crippen molar-refractivity contribution in [1.29, 1.82) is 0 Å². The van der Waals surface area contributed by atoms with E-state index in [1.165, 1.54) is 0 Å². The summed E-state index contributed by atoms with van der Waals surface area (Å²) < 4.78 is 0. The van der Waals surface area contributed by atoms with Crippen LogP contribution < -0.4 is 11.1 Å². The molecular weight excluding hydrogens is 220 g/mol. The van der Waals surface area contributed by atoms with Gasteiger partial charge in [-0.3, -0.25) is 9.59 Å². The van der Waals surface area contributed by atoms with Gasteiger partial charge in [0.1, 0.15) is 6.04 Å². The highest BCUT2D eigenvalue weighted by Crippen LogP contribution is 2.12. The second kappa shape index (κ2) is 5.81. The Kier molecular flexibility index (Phi) is 4.42. The molecular formula is C12H14N2O3. The lowest BCUT2D eigenvalue weighted by atomic mass is 10.1. The third kappa shape index (κ3) is 4.08. The van der Waals surface area contributed by atoms with Crippen LogP contribution in [0.3, 0.4) is 0 Å². The Labute approximate surface area is 98.9 Å². The number of carboxylic acids is 1. The molecule has 0 aliphatic heterocycles. The molecule has 0 bridgehead atoms. The first-order valence-electron chi connectivity index (χ1n) is 5.03. The molecule has 0 heterocycles. The van der Waals surface area contributed by atoms with Gasteiger partial charge in [-0.1, -0.05) is 18.7 Å². The third-order valence-electron chi connectivity index (χ3n) is 2.15. The number of carboxylic acid groups (broad SMARTS) is 1. The second-order valence-electron chi connectivity index (χ2n) is 3.54. The van der Waals surface area contributed by atoms with Crippen molar-refractivity contribution in [1.82, 2.24) is 0 Å². The van der Waals surface area contributed by atoms with E-state index in [0.717, 1.165) is 11.6 Å². The molecule has 1 aromatic rings. The zero-order valence-electron chi connectivity index (χ0n) is 9.22. The Hall–Kier alpha value is -2.14. The normalized spacial score (nSPS) is 11.6. The molecule has 1 aromatic carbocycles. The highest BCUT2D eigenvalue weighted by atomic mass is 16.4. The van der Waals surface area contributed by atoms with Gasteiger partial charge in [0.2, 0.25) is 5.91 Å². The average Bonchev–Trinajstić information content (AvgIpc) is 2.29. The summed E-state index contributed by atoms with van der Waals surface area (Å²) in [4.78, 5) is 21.7. The van der Waals surface area contributed by atoms with Crippen molar-refractivity contribution in [2.24, 2.45) is 5.73 Å². The third-order valence-corrected chi connectivity index (χ3v) is 2.15. The number of nitrogens with one attached hydrogen (secondary N) is 1. The molecule has 0 spiro atoms. The number of hydrogen-bond donors (Lipinski definition) is 3. The summed E-state index contributed by atoms with van der Waals surface area (Å²) in [6.45, 7) is 3.34. The highest BCUT2D eigenvalue weighted by Gasteiger charge is 2.12. The predicted molar refractivity (Wildman–Crippen MR) is 64.6 cm³/mol. The zero-order chi connectivity index (χ0) is 12.8. The number of carbonyl (C=O) groups excluding carboxylic acids is 1. The van der Waals surface area contributed by atoms with Crippen LogP contribution in [0.15, 0.2) is 36.9 Å². The van der Waals surface area contributed by atoms with Crippen molar-refractivity contribution in [2.75, 3.05) is 5.32 Å². The molecule has 0 aliphatic carbocycles. The minimum atomic E-state index is -1.05. The van der Waals surface area contributed by atoms with Gasteiger partial charge < -0.3 is 16.2 Å². The molecule has 0 fully saturated rings. The fraction of sp³-hybridized carbons (Fsp3) is 0.167. The Morgan fingerprint density at radius 3 is 2.82 bits per heavy atom. The van der Waals surface area contributed by atoms with Gasteiger partial charge in [-0.15, -0.1) is 0 Å². The molecule has 17 heavy (non-hydrogen) atoms. The van der Waals surface area contributed by atoms with E-state index in [0.29, 0.717) is 5.69 Å². The molecule has 1 rings (SSSR count). The van der Waals surface area contributed by atoms with Crippen LogP contribution in [0.4, 0.5) is 5.69 Å². The Morgan fingerprint density at radius 2 is 2.24 bits per heavy atom. The first kappa shape index (κ1) is 12.9. The lowest BCUT2D eigenvalue weighted by Crippen LogP contribution is -2.32.